The predicted octanol–water partition coefficient (Wildman–Crippen LogP) is 4.04. The van der Waals surface area contributed by atoms with Crippen LogP contribution in [0.3, 0.4) is 0 Å². The second-order valence-corrected chi connectivity index (χ2v) is 4.57. The first-order valence-electron chi connectivity index (χ1n) is 6.32. The second kappa shape index (κ2) is 4.94. The first-order valence-corrected chi connectivity index (χ1v) is 6.32. The van der Waals surface area contributed by atoms with Crippen molar-refractivity contribution in [1.29, 1.82) is 5.26 Å². The van der Waals surface area contributed by atoms with Crippen molar-refractivity contribution in [1.82, 2.24) is 0 Å². The summed E-state index contributed by atoms with van der Waals surface area (Å²) in [6.07, 6.45) is 0. The molecule has 0 saturated carbocycles. The lowest BCUT2D eigenvalue weighted by molar-refractivity contribution is 1.47. The third kappa shape index (κ3) is 2.15. The molecule has 0 atom stereocenters. The molecule has 0 fully saturated rings. The number of benzene rings is 3. The number of nitrogens with zero attached hydrogens (tertiary/aromatic N) is 1. The largest absolute Gasteiger partial charge is 0.396 e. The SMILES string of the molecule is N#Cc1cccc(Nc2ccc3ccccc3c2)c1N. The molecule has 0 aromatic heterocycles. The fourth-order valence-corrected chi connectivity index (χ4v) is 2.19. The van der Waals surface area contributed by atoms with Gasteiger partial charge in [0, 0.05) is 5.69 Å². The molecule has 0 aliphatic rings. The molecule has 0 amide bonds. The van der Waals surface area contributed by atoms with Gasteiger partial charge >= 0.3 is 0 Å². The minimum atomic E-state index is 0.475. The standard InChI is InChI=1S/C17H13N3/c18-11-14-6-3-7-16(17(14)19)20-15-9-8-12-4-1-2-5-13(12)10-15/h1-10,20H,19H2. The van der Waals surface area contributed by atoms with Crippen LogP contribution in [-0.4, -0.2) is 0 Å². The molecule has 0 saturated heterocycles. The fraction of sp³-hybridized carbons (Fsp3) is 0. The zero-order chi connectivity index (χ0) is 13.9. The summed E-state index contributed by atoms with van der Waals surface area (Å²) in [5, 5.41) is 14.6. The van der Waals surface area contributed by atoms with Gasteiger partial charge in [0.1, 0.15) is 6.07 Å². The van der Waals surface area contributed by atoms with E-state index in [0.29, 0.717) is 11.3 Å². The summed E-state index contributed by atoms with van der Waals surface area (Å²) in [5.41, 5.74) is 8.63. The lowest BCUT2D eigenvalue weighted by Gasteiger charge is -2.11. The number of hydrogen-bond donors (Lipinski definition) is 2. The van der Waals surface area contributed by atoms with Crippen LogP contribution in [0.25, 0.3) is 10.8 Å². The van der Waals surface area contributed by atoms with E-state index in [-0.39, 0.29) is 0 Å². The number of para-hydroxylation sites is 1. The molecule has 3 aromatic rings. The van der Waals surface area contributed by atoms with Crippen LogP contribution in [0.4, 0.5) is 17.1 Å². The summed E-state index contributed by atoms with van der Waals surface area (Å²) in [6, 6.07) is 21.8. The molecular weight excluding hydrogens is 246 g/mol. The second-order valence-electron chi connectivity index (χ2n) is 4.57. The number of fused-ring (bicyclic) bond motifs is 1. The number of nitriles is 1. The van der Waals surface area contributed by atoms with E-state index in [4.69, 9.17) is 11.0 Å². The van der Waals surface area contributed by atoms with E-state index in [1.807, 2.05) is 30.3 Å². The van der Waals surface area contributed by atoms with E-state index in [0.717, 1.165) is 16.8 Å². The molecule has 3 aromatic carbocycles. The monoisotopic (exact) mass is 259 g/mol. The number of nitrogens with one attached hydrogen (secondary N) is 1. The maximum atomic E-state index is 8.99. The summed E-state index contributed by atoms with van der Waals surface area (Å²) in [6.45, 7) is 0. The van der Waals surface area contributed by atoms with Crippen LogP contribution < -0.4 is 11.1 Å². The van der Waals surface area contributed by atoms with E-state index >= 15 is 0 Å². The molecule has 3 rings (SSSR count). The van der Waals surface area contributed by atoms with Gasteiger partial charge in [-0.3, -0.25) is 0 Å². The average molecular weight is 259 g/mol. The Hall–Kier alpha value is -2.99. The Morgan fingerprint density at radius 3 is 2.50 bits per heavy atom. The van der Waals surface area contributed by atoms with Gasteiger partial charge in [0.25, 0.3) is 0 Å². The highest BCUT2D eigenvalue weighted by atomic mass is 14.9. The van der Waals surface area contributed by atoms with Crippen molar-refractivity contribution in [2.45, 2.75) is 0 Å². The van der Waals surface area contributed by atoms with Crippen molar-refractivity contribution in [3.05, 3.63) is 66.2 Å². The zero-order valence-electron chi connectivity index (χ0n) is 10.8. The van der Waals surface area contributed by atoms with E-state index in [9.17, 15) is 0 Å². The van der Waals surface area contributed by atoms with Gasteiger partial charge in [-0.15, -0.1) is 0 Å². The third-order valence-corrected chi connectivity index (χ3v) is 3.26. The molecule has 3 nitrogen and oxygen atoms in total. The van der Waals surface area contributed by atoms with Crippen LogP contribution in [0.1, 0.15) is 5.56 Å². The smallest absolute Gasteiger partial charge is 0.101 e. The quantitative estimate of drug-likeness (QED) is 0.683. The van der Waals surface area contributed by atoms with E-state index in [1.165, 1.54) is 5.39 Å². The maximum absolute atomic E-state index is 8.99. The highest BCUT2D eigenvalue weighted by molar-refractivity contribution is 5.87. The molecule has 3 heteroatoms. The molecule has 3 N–H and O–H groups in total. The number of hydrogen-bond acceptors (Lipinski definition) is 3. The van der Waals surface area contributed by atoms with Crippen LogP contribution in [0, 0.1) is 11.3 Å². The van der Waals surface area contributed by atoms with E-state index in [1.54, 1.807) is 6.07 Å². The molecule has 20 heavy (non-hydrogen) atoms. The molecule has 96 valence electrons. The lowest BCUT2D eigenvalue weighted by atomic mass is 10.1. The first-order chi connectivity index (χ1) is 9.78. The van der Waals surface area contributed by atoms with Crippen molar-refractivity contribution in [3.63, 3.8) is 0 Å². The molecular formula is C17H13N3. The Morgan fingerprint density at radius 2 is 1.70 bits per heavy atom. The van der Waals surface area contributed by atoms with Crippen molar-refractivity contribution in [2.75, 3.05) is 11.1 Å². The topological polar surface area (TPSA) is 61.8 Å². The Morgan fingerprint density at radius 1 is 0.900 bits per heavy atom. The van der Waals surface area contributed by atoms with Crippen LogP contribution in [-0.2, 0) is 0 Å². The molecule has 0 spiro atoms. The Labute approximate surface area is 117 Å². The first kappa shape index (κ1) is 12.1. The normalized spacial score (nSPS) is 10.2. The van der Waals surface area contributed by atoms with Crippen molar-refractivity contribution >= 4 is 27.8 Å². The molecule has 0 aliphatic heterocycles. The van der Waals surface area contributed by atoms with Gasteiger partial charge in [-0.25, -0.2) is 0 Å². The highest BCUT2D eigenvalue weighted by Gasteiger charge is 2.04. The number of rotatable bonds is 2. The molecule has 0 bridgehead atoms. The Bertz CT molecular complexity index is 816. The van der Waals surface area contributed by atoms with Crippen LogP contribution in [0.15, 0.2) is 60.7 Å². The van der Waals surface area contributed by atoms with Crippen LogP contribution in [0.2, 0.25) is 0 Å². The van der Waals surface area contributed by atoms with Gasteiger partial charge in [-0.2, -0.15) is 5.26 Å². The summed E-state index contributed by atoms with van der Waals surface area (Å²) >= 11 is 0. The fourth-order valence-electron chi connectivity index (χ4n) is 2.19. The maximum Gasteiger partial charge on any atom is 0.101 e. The Kier molecular flexibility index (Phi) is 2.98. The average Bonchev–Trinajstić information content (AvgIpc) is 2.49. The van der Waals surface area contributed by atoms with E-state index < -0.39 is 0 Å². The van der Waals surface area contributed by atoms with Crippen molar-refractivity contribution in [2.24, 2.45) is 0 Å². The summed E-state index contributed by atoms with van der Waals surface area (Å²) in [7, 11) is 0. The van der Waals surface area contributed by atoms with Gasteiger partial charge in [0.2, 0.25) is 0 Å². The Balaban J connectivity index is 1.99. The minimum Gasteiger partial charge on any atom is -0.396 e. The van der Waals surface area contributed by atoms with Gasteiger partial charge in [0.15, 0.2) is 0 Å². The summed E-state index contributed by atoms with van der Waals surface area (Å²) in [4.78, 5) is 0. The predicted molar refractivity (Wildman–Crippen MR) is 82.8 cm³/mol. The third-order valence-electron chi connectivity index (χ3n) is 3.26. The molecule has 0 unspecified atom stereocenters. The number of nitrogens with two attached hydrogens (primary N) is 1. The van der Waals surface area contributed by atoms with Crippen LogP contribution >= 0.6 is 0 Å². The van der Waals surface area contributed by atoms with E-state index in [2.05, 4.69) is 35.7 Å². The van der Waals surface area contributed by atoms with Crippen LogP contribution in [0.5, 0.6) is 0 Å². The van der Waals surface area contributed by atoms with Crippen molar-refractivity contribution in [3.8, 4) is 6.07 Å². The van der Waals surface area contributed by atoms with Gasteiger partial charge in [-0.1, -0.05) is 36.4 Å². The minimum absolute atomic E-state index is 0.475. The molecule has 0 heterocycles. The summed E-state index contributed by atoms with van der Waals surface area (Å²) in [5.74, 6) is 0. The number of nitrogen functional groups attached to an aromatic ring is 1. The summed E-state index contributed by atoms with van der Waals surface area (Å²) < 4.78 is 0. The zero-order valence-corrected chi connectivity index (χ0v) is 10.8. The van der Waals surface area contributed by atoms with Gasteiger partial charge in [-0.05, 0) is 35.0 Å². The van der Waals surface area contributed by atoms with Crippen molar-refractivity contribution < 1.29 is 0 Å². The number of anilines is 3. The van der Waals surface area contributed by atoms with Gasteiger partial charge in [0.05, 0.1) is 16.9 Å². The highest BCUT2D eigenvalue weighted by Crippen LogP contribution is 2.27. The molecule has 0 radical (unpaired) electrons. The van der Waals surface area contributed by atoms with Gasteiger partial charge < -0.3 is 11.1 Å². The molecule has 0 aliphatic carbocycles. The lowest BCUT2D eigenvalue weighted by Crippen LogP contribution is -1.98.